The molecule has 9 nitrogen and oxygen atoms in total. The lowest BCUT2D eigenvalue weighted by Crippen LogP contribution is -2.30. The van der Waals surface area contributed by atoms with Crippen LogP contribution in [0.2, 0.25) is 0 Å². The molecule has 2 aromatic heterocycles. The van der Waals surface area contributed by atoms with E-state index in [1.807, 2.05) is 0 Å². The van der Waals surface area contributed by atoms with E-state index >= 15 is 0 Å². The van der Waals surface area contributed by atoms with Crippen molar-refractivity contribution in [3.05, 3.63) is 59.6 Å². The molecule has 0 N–H and O–H groups in total. The number of nitrogens with zero attached hydrogens (tertiary/aromatic N) is 4. The van der Waals surface area contributed by atoms with E-state index in [9.17, 15) is 18.0 Å². The smallest absolute Gasteiger partial charge is 0.471 e. The number of methoxy groups -OCH3 is 1. The summed E-state index contributed by atoms with van der Waals surface area (Å²) in [6, 6.07) is 9.53. The van der Waals surface area contributed by atoms with Crippen LogP contribution in [-0.4, -0.2) is 40.5 Å². The van der Waals surface area contributed by atoms with Crippen LogP contribution in [0.3, 0.4) is 0 Å². The number of benzene rings is 1. The number of amides is 1. The van der Waals surface area contributed by atoms with E-state index in [-0.39, 0.29) is 19.0 Å². The van der Waals surface area contributed by atoms with Gasteiger partial charge in [0.1, 0.15) is 6.61 Å². The fourth-order valence-corrected chi connectivity index (χ4v) is 2.42. The maximum Gasteiger partial charge on any atom is 0.471 e. The van der Waals surface area contributed by atoms with Crippen molar-refractivity contribution >= 4 is 6.09 Å². The monoisotopic (exact) mass is 438 g/mol. The van der Waals surface area contributed by atoms with Crippen LogP contribution in [-0.2, 0) is 28.9 Å². The number of hydroxylamine groups is 2. The average Bonchev–Trinajstić information content (AvgIpc) is 3.27. The minimum absolute atomic E-state index is 0.0198. The van der Waals surface area contributed by atoms with Gasteiger partial charge in [-0.3, -0.25) is 4.84 Å². The molecule has 31 heavy (non-hydrogen) atoms. The summed E-state index contributed by atoms with van der Waals surface area (Å²) in [5.74, 6) is -1.19. The van der Waals surface area contributed by atoms with Crippen molar-refractivity contribution in [1.82, 2.24) is 20.2 Å². The van der Waals surface area contributed by atoms with Gasteiger partial charge in [-0.15, -0.1) is 0 Å². The van der Waals surface area contributed by atoms with Crippen molar-refractivity contribution in [3.8, 4) is 17.3 Å². The molecule has 0 atom stereocenters. The average molecular weight is 438 g/mol. The zero-order valence-corrected chi connectivity index (χ0v) is 16.4. The molecule has 0 aliphatic rings. The third-order valence-corrected chi connectivity index (χ3v) is 4.00. The first-order valence-electron chi connectivity index (χ1n) is 8.77. The molecule has 0 aliphatic heterocycles. The van der Waals surface area contributed by atoms with Crippen molar-refractivity contribution in [1.29, 1.82) is 0 Å². The summed E-state index contributed by atoms with van der Waals surface area (Å²) in [5.41, 5.74) is 1.61. The highest BCUT2D eigenvalue weighted by atomic mass is 19.4. The van der Waals surface area contributed by atoms with E-state index in [0.717, 1.165) is 5.06 Å². The Bertz CT molecular complexity index is 1010. The summed E-state index contributed by atoms with van der Waals surface area (Å²) in [6.07, 6.45) is -3.92. The summed E-state index contributed by atoms with van der Waals surface area (Å²) in [5, 5.41) is 4.31. The first-order valence-corrected chi connectivity index (χ1v) is 8.77. The van der Waals surface area contributed by atoms with Gasteiger partial charge in [0.25, 0.3) is 0 Å². The molecular formula is C19H17F3N4O5. The number of aromatic nitrogens is 3. The highest BCUT2D eigenvalue weighted by molar-refractivity contribution is 5.66. The molecule has 164 valence electrons. The fraction of sp³-hybridized carbons (Fsp3) is 0.263. The lowest BCUT2D eigenvalue weighted by atomic mass is 10.1. The second kappa shape index (κ2) is 9.43. The first-order chi connectivity index (χ1) is 14.8. The Balaban J connectivity index is 1.59. The van der Waals surface area contributed by atoms with Crippen LogP contribution < -0.4 is 4.74 Å². The van der Waals surface area contributed by atoms with E-state index in [1.165, 1.54) is 32.5 Å². The van der Waals surface area contributed by atoms with E-state index < -0.39 is 18.2 Å². The van der Waals surface area contributed by atoms with Gasteiger partial charge in [-0.25, -0.2) is 9.78 Å². The van der Waals surface area contributed by atoms with Crippen molar-refractivity contribution < 1.29 is 36.8 Å². The normalized spacial score (nSPS) is 11.3. The molecule has 3 aromatic rings. The van der Waals surface area contributed by atoms with Crippen LogP contribution in [0.25, 0.3) is 11.4 Å². The van der Waals surface area contributed by atoms with Crippen LogP contribution in [0.5, 0.6) is 5.88 Å². The van der Waals surface area contributed by atoms with Crippen molar-refractivity contribution in [2.24, 2.45) is 0 Å². The minimum Gasteiger partial charge on any atom is -0.481 e. The van der Waals surface area contributed by atoms with Gasteiger partial charge in [0, 0.05) is 23.4 Å². The topological polar surface area (TPSA) is 99.8 Å². The predicted octanol–water partition coefficient (Wildman–Crippen LogP) is 3.86. The second-order valence-electron chi connectivity index (χ2n) is 6.10. The predicted molar refractivity (Wildman–Crippen MR) is 98.3 cm³/mol. The van der Waals surface area contributed by atoms with E-state index in [2.05, 4.69) is 19.6 Å². The molecule has 12 heteroatoms. The Kier molecular flexibility index (Phi) is 6.70. The zero-order chi connectivity index (χ0) is 22.4. The fourth-order valence-electron chi connectivity index (χ4n) is 2.42. The van der Waals surface area contributed by atoms with E-state index in [1.54, 1.807) is 24.3 Å². The number of hydrogen-bond acceptors (Lipinski definition) is 8. The highest BCUT2D eigenvalue weighted by Gasteiger charge is 2.38. The van der Waals surface area contributed by atoms with Gasteiger partial charge in [-0.2, -0.15) is 23.2 Å². The van der Waals surface area contributed by atoms with Gasteiger partial charge in [-0.05, 0) is 11.6 Å². The van der Waals surface area contributed by atoms with E-state index in [4.69, 9.17) is 14.3 Å². The minimum atomic E-state index is -4.72. The third kappa shape index (κ3) is 5.69. The molecule has 2 heterocycles. The molecule has 3 rings (SSSR count). The third-order valence-electron chi connectivity index (χ3n) is 4.00. The summed E-state index contributed by atoms with van der Waals surface area (Å²) in [4.78, 5) is 24.7. The SMILES string of the molecule is COc1ccc(COC(=O)N(Cc2ccc(-c3noc(C(F)(F)F)n3)cc2)OC)cn1. The largest absolute Gasteiger partial charge is 0.481 e. The Labute approximate surface area is 174 Å². The highest BCUT2D eigenvalue weighted by Crippen LogP contribution is 2.29. The van der Waals surface area contributed by atoms with Crippen LogP contribution in [0.1, 0.15) is 17.0 Å². The summed E-state index contributed by atoms with van der Waals surface area (Å²) in [7, 11) is 2.80. The molecule has 0 spiro atoms. The van der Waals surface area contributed by atoms with Gasteiger partial charge in [0.15, 0.2) is 0 Å². The van der Waals surface area contributed by atoms with Crippen LogP contribution in [0, 0.1) is 0 Å². The number of carbonyl (C=O) groups is 1. The molecular weight excluding hydrogens is 421 g/mol. The molecule has 0 fully saturated rings. The van der Waals surface area contributed by atoms with Gasteiger partial charge >= 0.3 is 18.2 Å². The maximum atomic E-state index is 12.6. The van der Waals surface area contributed by atoms with Gasteiger partial charge in [-0.1, -0.05) is 29.4 Å². The Morgan fingerprint density at radius 1 is 1.10 bits per heavy atom. The lowest BCUT2D eigenvalue weighted by molar-refractivity contribution is -0.159. The molecule has 0 bridgehead atoms. The van der Waals surface area contributed by atoms with Crippen LogP contribution in [0.4, 0.5) is 18.0 Å². The number of halogens is 3. The number of alkyl halides is 3. The van der Waals surface area contributed by atoms with Crippen LogP contribution in [0.15, 0.2) is 47.1 Å². The van der Waals surface area contributed by atoms with Crippen molar-refractivity contribution in [2.75, 3.05) is 14.2 Å². The zero-order valence-electron chi connectivity index (χ0n) is 16.4. The number of hydrogen-bond donors (Lipinski definition) is 0. The van der Waals surface area contributed by atoms with Crippen molar-refractivity contribution in [2.45, 2.75) is 19.3 Å². The maximum absolute atomic E-state index is 12.6. The number of ether oxygens (including phenoxy) is 2. The Morgan fingerprint density at radius 3 is 2.35 bits per heavy atom. The summed E-state index contributed by atoms with van der Waals surface area (Å²) in [6.45, 7) is 0.0184. The molecule has 0 radical (unpaired) electrons. The van der Waals surface area contributed by atoms with Gasteiger partial charge in [0.05, 0.1) is 20.8 Å². The van der Waals surface area contributed by atoms with E-state index in [0.29, 0.717) is 22.6 Å². The standard InChI is InChI=1S/C19H17F3N4O5/c1-28-15-8-5-13(9-23-15)11-30-18(27)26(29-2)10-12-3-6-14(7-4-12)16-24-17(31-25-16)19(20,21)22/h3-9H,10-11H2,1-2H3. The summed E-state index contributed by atoms with van der Waals surface area (Å²) >= 11 is 0. The summed E-state index contributed by atoms with van der Waals surface area (Å²) < 4.78 is 52.1. The molecule has 0 unspecified atom stereocenters. The Morgan fingerprint density at radius 2 is 1.81 bits per heavy atom. The lowest BCUT2D eigenvalue weighted by Gasteiger charge is -2.19. The number of rotatable bonds is 7. The van der Waals surface area contributed by atoms with Crippen molar-refractivity contribution in [3.63, 3.8) is 0 Å². The number of pyridine rings is 1. The van der Waals surface area contributed by atoms with Gasteiger partial charge in [0.2, 0.25) is 11.7 Å². The van der Waals surface area contributed by atoms with Gasteiger partial charge < -0.3 is 14.0 Å². The molecule has 0 saturated heterocycles. The molecule has 1 amide bonds. The quantitative estimate of drug-likeness (QED) is 0.513. The molecule has 1 aromatic carbocycles. The Hall–Kier alpha value is -3.67. The molecule has 0 saturated carbocycles. The number of carbonyl (C=O) groups excluding carboxylic acids is 1. The van der Waals surface area contributed by atoms with Crippen LogP contribution >= 0.6 is 0 Å². The molecule has 0 aliphatic carbocycles. The second-order valence-corrected chi connectivity index (χ2v) is 6.10. The first kappa shape index (κ1) is 22.0.